The number of amides is 2. The summed E-state index contributed by atoms with van der Waals surface area (Å²) in [7, 11) is -0.369. The van der Waals surface area contributed by atoms with Gasteiger partial charge in [-0.25, -0.2) is 0 Å². The van der Waals surface area contributed by atoms with Gasteiger partial charge < -0.3 is 19.9 Å². The molecule has 0 bridgehead atoms. The molecule has 0 spiro atoms. The summed E-state index contributed by atoms with van der Waals surface area (Å²) in [6.45, 7) is 1.59. The first-order valence-electron chi connectivity index (χ1n) is 13.2. The molecule has 9 nitrogen and oxygen atoms in total. The van der Waals surface area contributed by atoms with Crippen LogP contribution in [0.4, 0.5) is 5.69 Å². The number of fused-ring (bicyclic) bond motifs is 3. The van der Waals surface area contributed by atoms with Gasteiger partial charge in [-0.15, -0.1) is 0 Å². The Morgan fingerprint density at radius 2 is 1.76 bits per heavy atom. The second-order valence-corrected chi connectivity index (χ2v) is 12.4. The van der Waals surface area contributed by atoms with Crippen molar-refractivity contribution in [2.24, 2.45) is 17.8 Å². The molecule has 3 N–H and O–H groups in total. The van der Waals surface area contributed by atoms with Crippen molar-refractivity contribution in [1.29, 1.82) is 0 Å². The first kappa shape index (κ1) is 28.8. The van der Waals surface area contributed by atoms with Gasteiger partial charge >= 0.3 is 7.12 Å². The number of phenolic OH excluding ortho intramolecular Hbond substituents is 1. The molecule has 1 aliphatic heterocycles. The van der Waals surface area contributed by atoms with Gasteiger partial charge in [0.15, 0.2) is 23.1 Å². The number of aromatic hydroxyl groups is 1. The third-order valence-corrected chi connectivity index (χ3v) is 10.9. The number of halogens is 2. The Kier molecular flexibility index (Phi) is 7.16. The first-order valence-corrected chi connectivity index (χ1v) is 14.8. The van der Waals surface area contributed by atoms with Crippen LogP contribution >= 0.6 is 31.9 Å². The molecule has 4 unspecified atom stereocenters. The molecule has 1 heterocycles. The fraction of sp³-hybridized carbons (Fsp3) is 0.267. The van der Waals surface area contributed by atoms with Gasteiger partial charge in [0.1, 0.15) is 0 Å². The lowest BCUT2D eigenvalue weighted by molar-refractivity contribution is -0.123. The van der Waals surface area contributed by atoms with Crippen molar-refractivity contribution in [2.45, 2.75) is 25.7 Å². The zero-order valence-electron chi connectivity index (χ0n) is 22.4. The van der Waals surface area contributed by atoms with Crippen LogP contribution in [0.3, 0.4) is 0 Å². The van der Waals surface area contributed by atoms with Crippen molar-refractivity contribution < 1.29 is 39.1 Å². The molecular weight excluding hydrogens is 673 g/mol. The lowest BCUT2D eigenvalue weighted by Crippen LogP contribution is -2.40. The van der Waals surface area contributed by atoms with E-state index in [1.165, 1.54) is 25.3 Å². The van der Waals surface area contributed by atoms with Crippen LogP contribution in [0.2, 0.25) is 0 Å². The molecular formula is C30H24BBr2NO8. The maximum absolute atomic E-state index is 14.1. The Labute approximate surface area is 257 Å². The molecule has 2 amide bonds. The van der Waals surface area contributed by atoms with Gasteiger partial charge in [0.25, 0.3) is 0 Å². The highest BCUT2D eigenvalue weighted by Crippen LogP contribution is 2.57. The lowest BCUT2D eigenvalue weighted by Gasteiger charge is -2.42. The highest BCUT2D eigenvalue weighted by atomic mass is 79.9. The van der Waals surface area contributed by atoms with E-state index in [9.17, 15) is 34.3 Å². The van der Waals surface area contributed by atoms with Gasteiger partial charge in [-0.05, 0) is 92.8 Å². The van der Waals surface area contributed by atoms with E-state index in [4.69, 9.17) is 4.74 Å². The number of ether oxygens (including phenoxy) is 1. The minimum Gasteiger partial charge on any atom is -0.503 e. The molecule has 0 saturated carbocycles. The maximum atomic E-state index is 14.1. The maximum Gasteiger partial charge on any atom is 0.488 e. The van der Waals surface area contributed by atoms with Gasteiger partial charge in [0, 0.05) is 27.1 Å². The molecule has 6 rings (SSSR count). The Balaban J connectivity index is 1.51. The molecule has 2 aromatic rings. The van der Waals surface area contributed by atoms with Crippen LogP contribution in [-0.2, 0) is 19.2 Å². The molecule has 4 atom stereocenters. The standard InChI is InChI=1S/C30H24BBr2NO8/c1-12-8-20(35)18-10-17-15(22(24(18)27(12)36)19-11-21(42-2)28(37)26(33)25(19)32)6-7-16-23(17)30(39)34(29(16)38)14-5-3-4-13(9-14)31(40)41/h3-6,8-9,11,16-17,22-23,37,40-41H,7,10H2,1-2H3. The predicted molar refractivity (Wildman–Crippen MR) is 160 cm³/mol. The van der Waals surface area contributed by atoms with Gasteiger partial charge in [-0.3, -0.25) is 24.1 Å². The van der Waals surface area contributed by atoms with Crippen molar-refractivity contribution in [1.82, 2.24) is 0 Å². The van der Waals surface area contributed by atoms with Crippen LogP contribution in [-0.4, -0.2) is 52.8 Å². The monoisotopic (exact) mass is 695 g/mol. The van der Waals surface area contributed by atoms with E-state index in [0.717, 1.165) is 10.5 Å². The highest BCUT2D eigenvalue weighted by molar-refractivity contribution is 9.13. The van der Waals surface area contributed by atoms with Gasteiger partial charge in [-0.2, -0.15) is 0 Å². The number of phenols is 1. The molecule has 12 heteroatoms. The Bertz CT molecular complexity index is 1710. The van der Waals surface area contributed by atoms with Crippen molar-refractivity contribution in [2.75, 3.05) is 12.0 Å². The minimum atomic E-state index is -1.77. The van der Waals surface area contributed by atoms with Crippen molar-refractivity contribution in [3.8, 4) is 11.5 Å². The summed E-state index contributed by atoms with van der Waals surface area (Å²) in [5.74, 6) is -4.22. The molecule has 214 valence electrons. The number of methoxy groups -OCH3 is 1. The van der Waals surface area contributed by atoms with Crippen LogP contribution in [0.1, 0.15) is 31.2 Å². The van der Waals surface area contributed by atoms with E-state index in [1.54, 1.807) is 25.1 Å². The van der Waals surface area contributed by atoms with Crippen LogP contribution in [0.25, 0.3) is 0 Å². The van der Waals surface area contributed by atoms with E-state index < -0.39 is 42.6 Å². The molecule has 42 heavy (non-hydrogen) atoms. The van der Waals surface area contributed by atoms with Crippen molar-refractivity contribution >= 4 is 73.5 Å². The van der Waals surface area contributed by atoms with Gasteiger partial charge in [0.05, 0.1) is 29.1 Å². The van der Waals surface area contributed by atoms with Crippen molar-refractivity contribution in [3.05, 3.63) is 79.3 Å². The quantitative estimate of drug-likeness (QED) is 0.192. The summed E-state index contributed by atoms with van der Waals surface area (Å²) in [5, 5.41) is 29.9. The smallest absolute Gasteiger partial charge is 0.488 e. The summed E-state index contributed by atoms with van der Waals surface area (Å²) >= 11 is 6.95. The number of nitrogens with zero attached hydrogens (tertiary/aromatic N) is 1. The van der Waals surface area contributed by atoms with Crippen molar-refractivity contribution in [3.63, 3.8) is 0 Å². The third kappa shape index (κ3) is 4.18. The number of ketones is 2. The van der Waals surface area contributed by atoms with Gasteiger partial charge in [0.2, 0.25) is 11.8 Å². The van der Waals surface area contributed by atoms with E-state index in [2.05, 4.69) is 31.9 Å². The Hall–Kier alpha value is -3.32. The second kappa shape index (κ2) is 10.4. The number of hydrogen-bond acceptors (Lipinski definition) is 8. The minimum absolute atomic E-state index is 0.115. The van der Waals surface area contributed by atoms with Crippen LogP contribution < -0.4 is 15.1 Å². The number of hydrogen-bond donors (Lipinski definition) is 3. The van der Waals surface area contributed by atoms with Gasteiger partial charge in [-0.1, -0.05) is 23.8 Å². The first-order chi connectivity index (χ1) is 20.0. The number of benzene rings is 2. The topological polar surface area (TPSA) is 141 Å². The molecule has 0 aromatic heterocycles. The predicted octanol–water partition coefficient (Wildman–Crippen LogP) is 3.24. The summed E-state index contributed by atoms with van der Waals surface area (Å²) in [4.78, 5) is 55.9. The number of anilines is 1. The summed E-state index contributed by atoms with van der Waals surface area (Å²) in [6.07, 6.45) is 3.57. The molecule has 4 aliphatic rings. The summed E-state index contributed by atoms with van der Waals surface area (Å²) in [6, 6.07) is 7.59. The van der Waals surface area contributed by atoms with E-state index >= 15 is 0 Å². The molecule has 2 aromatic carbocycles. The second-order valence-electron chi connectivity index (χ2n) is 10.9. The number of Topliss-reactive ketones (excluding diaryl/α,β-unsaturated/α-hetero) is 1. The highest BCUT2D eigenvalue weighted by Gasteiger charge is 2.57. The molecule has 3 aliphatic carbocycles. The molecule has 0 radical (unpaired) electrons. The van der Waals surface area contributed by atoms with Crippen LogP contribution in [0, 0.1) is 17.8 Å². The SMILES string of the molecule is COc1cc(C2C3=CCC4C(=O)N(c5cccc(B(O)O)c5)C(=O)C4C3CC3=C2C(=O)C(C)=CC3=O)c(Br)c(Br)c1O. The van der Waals surface area contributed by atoms with E-state index in [-0.39, 0.29) is 47.1 Å². The largest absolute Gasteiger partial charge is 0.503 e. The number of carbonyl (C=O) groups excluding carboxylic acids is 4. The van der Waals surface area contributed by atoms with E-state index in [0.29, 0.717) is 31.2 Å². The molecule has 1 fully saturated rings. The number of rotatable bonds is 4. The fourth-order valence-electron chi connectivity index (χ4n) is 6.77. The average Bonchev–Trinajstić information content (AvgIpc) is 3.23. The average molecular weight is 697 g/mol. The Morgan fingerprint density at radius 3 is 2.45 bits per heavy atom. The normalized spacial score (nSPS) is 25.1. The number of carbonyl (C=O) groups is 4. The zero-order valence-corrected chi connectivity index (χ0v) is 25.6. The van der Waals surface area contributed by atoms with Crippen LogP contribution in [0.15, 0.2) is 73.7 Å². The third-order valence-electron chi connectivity index (χ3n) is 8.70. The number of allylic oxidation sites excluding steroid dienone is 6. The van der Waals surface area contributed by atoms with Crippen LogP contribution in [0.5, 0.6) is 11.5 Å². The van der Waals surface area contributed by atoms with E-state index in [1.807, 2.05) is 6.08 Å². The summed E-state index contributed by atoms with van der Waals surface area (Å²) in [5.41, 5.74) is 2.61. The molecule has 1 saturated heterocycles. The lowest BCUT2D eigenvalue weighted by atomic mass is 9.59. The zero-order chi connectivity index (χ0) is 30.2. The fourth-order valence-corrected chi connectivity index (χ4v) is 7.73. The number of imide groups is 1. The summed E-state index contributed by atoms with van der Waals surface area (Å²) < 4.78 is 6.17. The Morgan fingerprint density at radius 1 is 1.02 bits per heavy atom.